The molecule has 2 amide bonds. The zero-order valence-corrected chi connectivity index (χ0v) is 11.9. The van der Waals surface area contributed by atoms with Gasteiger partial charge in [0.15, 0.2) is 0 Å². The molecule has 8 heteroatoms. The highest BCUT2D eigenvalue weighted by atomic mass is 32.2. The predicted molar refractivity (Wildman–Crippen MR) is 69.6 cm³/mol. The number of hydrogen-bond donors (Lipinski definition) is 3. The number of carbonyl (C=O) groups excluding carboxylic acids is 1. The minimum atomic E-state index is -2.95. The van der Waals surface area contributed by atoms with Crippen molar-refractivity contribution in [3.63, 3.8) is 0 Å². The molecule has 0 aromatic rings. The smallest absolute Gasteiger partial charge is 0.315 e. The van der Waals surface area contributed by atoms with Gasteiger partial charge in [-0.25, -0.2) is 13.2 Å². The molecule has 0 aromatic heterocycles. The molecule has 0 saturated carbocycles. The zero-order chi connectivity index (χ0) is 14.7. The Kier molecular flexibility index (Phi) is 4.78. The molecular weight excluding hydrogens is 272 g/mol. The van der Waals surface area contributed by atoms with Crippen LogP contribution in [-0.4, -0.2) is 49.6 Å². The van der Waals surface area contributed by atoms with Crippen LogP contribution in [0.25, 0.3) is 0 Å². The van der Waals surface area contributed by atoms with Crippen LogP contribution in [0.15, 0.2) is 0 Å². The summed E-state index contributed by atoms with van der Waals surface area (Å²) in [6.07, 6.45) is 0.802. The van der Waals surface area contributed by atoms with Crippen molar-refractivity contribution >= 4 is 21.8 Å². The Labute approximate surface area is 112 Å². The minimum absolute atomic E-state index is 0.0131. The van der Waals surface area contributed by atoms with E-state index in [4.69, 9.17) is 5.11 Å². The second-order valence-electron chi connectivity index (χ2n) is 5.44. The number of rotatable bonds is 4. The van der Waals surface area contributed by atoms with Crippen LogP contribution in [0.5, 0.6) is 0 Å². The fourth-order valence-electron chi connectivity index (χ4n) is 1.65. The van der Waals surface area contributed by atoms with Gasteiger partial charge in [0.05, 0.1) is 16.9 Å². The molecule has 110 valence electrons. The summed E-state index contributed by atoms with van der Waals surface area (Å²) in [5.41, 5.74) is -1.03. The van der Waals surface area contributed by atoms with Gasteiger partial charge < -0.3 is 15.7 Å². The van der Waals surface area contributed by atoms with Gasteiger partial charge in [-0.3, -0.25) is 4.79 Å². The van der Waals surface area contributed by atoms with E-state index in [0.717, 1.165) is 0 Å². The van der Waals surface area contributed by atoms with Gasteiger partial charge >= 0.3 is 12.0 Å². The van der Waals surface area contributed by atoms with Crippen molar-refractivity contribution in [3.8, 4) is 0 Å². The first-order valence-electron chi connectivity index (χ1n) is 6.10. The Morgan fingerprint density at radius 3 is 2.26 bits per heavy atom. The number of amides is 2. The summed E-state index contributed by atoms with van der Waals surface area (Å²) in [6.45, 7) is 3.05. The predicted octanol–water partition coefficient (Wildman–Crippen LogP) is -0.0264. The highest BCUT2D eigenvalue weighted by Crippen LogP contribution is 2.14. The average Bonchev–Trinajstić information content (AvgIpc) is 2.29. The number of urea groups is 1. The van der Waals surface area contributed by atoms with Crippen LogP contribution >= 0.6 is 0 Å². The molecule has 0 atom stereocenters. The molecule has 1 fully saturated rings. The van der Waals surface area contributed by atoms with Crippen molar-refractivity contribution in [2.24, 2.45) is 5.41 Å². The van der Waals surface area contributed by atoms with E-state index >= 15 is 0 Å². The lowest BCUT2D eigenvalue weighted by atomic mass is 9.94. The monoisotopic (exact) mass is 292 g/mol. The van der Waals surface area contributed by atoms with Gasteiger partial charge in [-0.05, 0) is 26.7 Å². The summed E-state index contributed by atoms with van der Waals surface area (Å²) in [5, 5.41) is 14.0. The van der Waals surface area contributed by atoms with E-state index in [9.17, 15) is 18.0 Å². The van der Waals surface area contributed by atoms with E-state index in [1.807, 2.05) is 0 Å². The molecule has 0 bridgehead atoms. The van der Waals surface area contributed by atoms with E-state index < -0.39 is 27.3 Å². The number of aliphatic carboxylic acids is 1. The number of carboxylic acid groups (broad SMARTS) is 1. The Hall–Kier alpha value is -1.31. The van der Waals surface area contributed by atoms with Crippen LogP contribution in [-0.2, 0) is 14.6 Å². The van der Waals surface area contributed by atoms with Gasteiger partial charge in [-0.2, -0.15) is 0 Å². The normalized spacial score (nSPS) is 19.7. The molecule has 7 nitrogen and oxygen atoms in total. The van der Waals surface area contributed by atoms with E-state index in [1.54, 1.807) is 0 Å². The molecule has 0 radical (unpaired) electrons. The van der Waals surface area contributed by atoms with E-state index in [2.05, 4.69) is 10.6 Å². The molecule has 0 aromatic carbocycles. The Morgan fingerprint density at radius 1 is 1.26 bits per heavy atom. The lowest BCUT2D eigenvalue weighted by molar-refractivity contribution is -0.146. The third kappa shape index (κ3) is 5.06. The molecule has 1 aliphatic rings. The van der Waals surface area contributed by atoms with Crippen molar-refractivity contribution < 1.29 is 23.1 Å². The molecule has 0 aliphatic carbocycles. The lowest BCUT2D eigenvalue weighted by Crippen LogP contribution is -2.48. The molecule has 3 N–H and O–H groups in total. The fourth-order valence-corrected chi connectivity index (χ4v) is 3.14. The van der Waals surface area contributed by atoms with Crippen molar-refractivity contribution in [1.29, 1.82) is 0 Å². The topological polar surface area (TPSA) is 113 Å². The van der Waals surface area contributed by atoms with E-state index in [1.165, 1.54) is 13.8 Å². The van der Waals surface area contributed by atoms with Crippen LogP contribution in [0.2, 0.25) is 0 Å². The first-order valence-corrected chi connectivity index (χ1v) is 7.93. The van der Waals surface area contributed by atoms with Crippen molar-refractivity contribution in [1.82, 2.24) is 10.6 Å². The average molecular weight is 292 g/mol. The molecule has 1 aliphatic heterocycles. The molecule has 1 saturated heterocycles. The maximum absolute atomic E-state index is 11.6. The Bertz CT molecular complexity index is 444. The first-order chi connectivity index (χ1) is 8.62. The van der Waals surface area contributed by atoms with Crippen molar-refractivity contribution in [3.05, 3.63) is 0 Å². The summed E-state index contributed by atoms with van der Waals surface area (Å²) in [4.78, 5) is 22.4. The number of carboxylic acids is 1. The summed E-state index contributed by atoms with van der Waals surface area (Å²) >= 11 is 0. The molecule has 0 unspecified atom stereocenters. The highest BCUT2D eigenvalue weighted by Gasteiger charge is 2.28. The fraction of sp³-hybridized carbons (Fsp3) is 0.818. The summed E-state index contributed by atoms with van der Waals surface area (Å²) in [7, 11) is -2.95. The van der Waals surface area contributed by atoms with Gasteiger partial charge in [0.2, 0.25) is 0 Å². The highest BCUT2D eigenvalue weighted by molar-refractivity contribution is 7.91. The standard InChI is InChI=1S/C11H20N2O5S/c1-11(2,9(14)15)7-12-10(16)13-8-3-5-19(17,18)6-4-8/h8H,3-7H2,1-2H3,(H,14,15)(H2,12,13,16). The number of hydrogen-bond acceptors (Lipinski definition) is 4. The van der Waals surface area contributed by atoms with Crippen LogP contribution in [0.3, 0.4) is 0 Å². The minimum Gasteiger partial charge on any atom is -0.481 e. The second kappa shape index (κ2) is 5.77. The van der Waals surface area contributed by atoms with Crippen LogP contribution in [0, 0.1) is 5.41 Å². The van der Waals surface area contributed by atoms with Crippen molar-refractivity contribution in [2.75, 3.05) is 18.1 Å². The number of carbonyl (C=O) groups is 2. The summed E-state index contributed by atoms with van der Waals surface area (Å²) < 4.78 is 22.4. The molecular formula is C11H20N2O5S. The third-order valence-electron chi connectivity index (χ3n) is 3.16. The molecule has 19 heavy (non-hydrogen) atoms. The maximum atomic E-state index is 11.6. The lowest BCUT2D eigenvalue weighted by Gasteiger charge is -2.24. The molecule has 1 rings (SSSR count). The number of sulfone groups is 1. The largest absolute Gasteiger partial charge is 0.481 e. The molecule has 0 spiro atoms. The second-order valence-corrected chi connectivity index (χ2v) is 7.75. The van der Waals surface area contributed by atoms with Gasteiger partial charge in [-0.1, -0.05) is 0 Å². The summed E-state index contributed by atoms with van der Waals surface area (Å²) in [6, 6.07) is -0.630. The zero-order valence-electron chi connectivity index (χ0n) is 11.1. The first kappa shape index (κ1) is 15.7. The maximum Gasteiger partial charge on any atom is 0.315 e. The quantitative estimate of drug-likeness (QED) is 0.673. The van der Waals surface area contributed by atoms with E-state index in [0.29, 0.717) is 12.8 Å². The SMILES string of the molecule is CC(C)(CNC(=O)NC1CCS(=O)(=O)CC1)C(=O)O. The van der Waals surface area contributed by atoms with Gasteiger partial charge in [0, 0.05) is 12.6 Å². The molecule has 1 heterocycles. The van der Waals surface area contributed by atoms with Gasteiger partial charge in [-0.15, -0.1) is 0 Å². The third-order valence-corrected chi connectivity index (χ3v) is 4.88. The van der Waals surface area contributed by atoms with Gasteiger partial charge in [0.1, 0.15) is 9.84 Å². The van der Waals surface area contributed by atoms with Crippen LogP contribution < -0.4 is 10.6 Å². The van der Waals surface area contributed by atoms with Crippen molar-refractivity contribution in [2.45, 2.75) is 32.7 Å². The van der Waals surface area contributed by atoms with E-state index in [-0.39, 0.29) is 24.1 Å². The Balaban J connectivity index is 2.35. The summed E-state index contributed by atoms with van der Waals surface area (Å²) in [5.74, 6) is -0.825. The van der Waals surface area contributed by atoms with Gasteiger partial charge in [0.25, 0.3) is 0 Å². The Morgan fingerprint density at radius 2 is 1.79 bits per heavy atom. The van der Waals surface area contributed by atoms with Crippen LogP contribution in [0.1, 0.15) is 26.7 Å². The number of nitrogens with one attached hydrogen (secondary N) is 2. The van der Waals surface area contributed by atoms with Crippen LogP contribution in [0.4, 0.5) is 4.79 Å².